The van der Waals surface area contributed by atoms with Crippen molar-refractivity contribution in [3.8, 4) is 0 Å². The highest BCUT2D eigenvalue weighted by atomic mass is 31.1. The van der Waals surface area contributed by atoms with Crippen LogP contribution in [0.5, 0.6) is 0 Å². The summed E-state index contributed by atoms with van der Waals surface area (Å²) in [5.74, 6) is 0.205. The second kappa shape index (κ2) is 3.36. The van der Waals surface area contributed by atoms with E-state index in [9.17, 15) is 0 Å². The fourth-order valence-corrected chi connectivity index (χ4v) is 1.19. The maximum absolute atomic E-state index is 8.53. The summed E-state index contributed by atoms with van der Waals surface area (Å²) >= 11 is 0. The van der Waals surface area contributed by atoms with Crippen molar-refractivity contribution < 1.29 is 14.2 Å². The molecule has 0 saturated carbocycles. The molecule has 8 heavy (non-hydrogen) atoms. The van der Waals surface area contributed by atoms with E-state index in [4.69, 9.17) is 14.2 Å². The summed E-state index contributed by atoms with van der Waals surface area (Å²) < 4.78 is 9.84. The van der Waals surface area contributed by atoms with Gasteiger partial charge in [-0.3, -0.25) is 0 Å². The molecule has 1 fully saturated rings. The van der Waals surface area contributed by atoms with Gasteiger partial charge in [0.1, 0.15) is 0 Å². The molecule has 1 saturated heterocycles. The maximum Gasteiger partial charge on any atom is 0.155 e. The van der Waals surface area contributed by atoms with Gasteiger partial charge in [0.05, 0.1) is 19.8 Å². The molecule has 0 aromatic carbocycles. The van der Waals surface area contributed by atoms with Crippen LogP contribution >= 0.6 is 9.03 Å². The van der Waals surface area contributed by atoms with E-state index in [1.165, 1.54) is 0 Å². The minimum Gasteiger partial charge on any atom is -0.396 e. The van der Waals surface area contributed by atoms with Crippen LogP contribution in [0.15, 0.2) is 0 Å². The molecular weight excluding hydrogens is 127 g/mol. The van der Waals surface area contributed by atoms with E-state index in [0.717, 1.165) is 0 Å². The third-order valence-electron chi connectivity index (χ3n) is 1.01. The van der Waals surface area contributed by atoms with Crippen molar-refractivity contribution >= 4 is 9.03 Å². The first kappa shape index (κ1) is 6.43. The van der Waals surface area contributed by atoms with Crippen LogP contribution in [-0.4, -0.2) is 24.9 Å². The van der Waals surface area contributed by atoms with Gasteiger partial charge in [0.15, 0.2) is 9.03 Å². The monoisotopic (exact) mass is 136 g/mol. The lowest BCUT2D eigenvalue weighted by Gasteiger charge is -2.18. The quantitative estimate of drug-likeness (QED) is 0.521. The van der Waals surface area contributed by atoms with E-state index in [-0.39, 0.29) is 21.6 Å². The van der Waals surface area contributed by atoms with E-state index >= 15 is 0 Å². The SMILES string of the molecule is OCC1COPOC1. The van der Waals surface area contributed by atoms with Gasteiger partial charge in [-0.05, 0) is 0 Å². The van der Waals surface area contributed by atoms with Gasteiger partial charge in [0.25, 0.3) is 0 Å². The normalized spacial score (nSPS) is 33.4. The molecule has 0 aliphatic carbocycles. The number of aliphatic hydroxyl groups is 1. The third kappa shape index (κ3) is 1.67. The molecule has 48 valence electrons. The smallest absolute Gasteiger partial charge is 0.155 e. The van der Waals surface area contributed by atoms with Crippen LogP contribution in [0.1, 0.15) is 0 Å². The van der Waals surface area contributed by atoms with Crippen LogP contribution in [0.4, 0.5) is 0 Å². The zero-order valence-electron chi connectivity index (χ0n) is 4.46. The molecule has 1 N–H and O–H groups in total. The molecule has 1 aliphatic rings. The average Bonchev–Trinajstić information content (AvgIpc) is 1.90. The topological polar surface area (TPSA) is 38.7 Å². The fourth-order valence-electron chi connectivity index (χ4n) is 0.499. The molecule has 0 bridgehead atoms. The number of hydrogen-bond donors (Lipinski definition) is 1. The first-order chi connectivity index (χ1) is 3.93. The lowest BCUT2D eigenvalue weighted by Crippen LogP contribution is -2.20. The second-order valence-electron chi connectivity index (χ2n) is 1.75. The minimum absolute atomic E-state index is 0.171. The van der Waals surface area contributed by atoms with Gasteiger partial charge in [0, 0.05) is 5.92 Å². The van der Waals surface area contributed by atoms with Crippen molar-refractivity contribution in [2.45, 2.75) is 0 Å². The van der Waals surface area contributed by atoms with Crippen LogP contribution in [0.2, 0.25) is 0 Å². The van der Waals surface area contributed by atoms with E-state index in [1.54, 1.807) is 0 Å². The molecule has 0 atom stereocenters. The van der Waals surface area contributed by atoms with Crippen molar-refractivity contribution in [1.29, 1.82) is 0 Å². The highest BCUT2D eigenvalue weighted by Crippen LogP contribution is 2.22. The Hall–Kier alpha value is 0.310. The Kier molecular flexibility index (Phi) is 2.70. The standard InChI is InChI=1S/C4H9O3P/c5-1-4-2-6-8-7-3-4/h4-5,8H,1-3H2. The summed E-state index contributed by atoms with van der Waals surface area (Å²) in [7, 11) is 0.180. The first-order valence-electron chi connectivity index (χ1n) is 2.53. The molecule has 0 spiro atoms. The van der Waals surface area contributed by atoms with Gasteiger partial charge >= 0.3 is 0 Å². The Balaban J connectivity index is 2.13. The number of aliphatic hydroxyl groups excluding tert-OH is 1. The van der Waals surface area contributed by atoms with Crippen LogP contribution in [0.3, 0.4) is 0 Å². The van der Waals surface area contributed by atoms with Crippen molar-refractivity contribution in [3.63, 3.8) is 0 Å². The van der Waals surface area contributed by atoms with Crippen molar-refractivity contribution in [2.24, 2.45) is 5.92 Å². The summed E-state index contributed by atoms with van der Waals surface area (Å²) in [5, 5.41) is 8.53. The van der Waals surface area contributed by atoms with E-state index in [0.29, 0.717) is 13.2 Å². The zero-order valence-corrected chi connectivity index (χ0v) is 5.46. The van der Waals surface area contributed by atoms with Gasteiger partial charge in [-0.2, -0.15) is 0 Å². The Morgan fingerprint density at radius 2 is 2.12 bits per heavy atom. The average molecular weight is 136 g/mol. The van der Waals surface area contributed by atoms with Crippen molar-refractivity contribution in [2.75, 3.05) is 19.8 Å². The Labute approximate surface area is 49.9 Å². The van der Waals surface area contributed by atoms with Gasteiger partial charge in [-0.25, -0.2) is 0 Å². The highest BCUT2D eigenvalue weighted by molar-refractivity contribution is 7.26. The first-order valence-corrected chi connectivity index (χ1v) is 3.34. The molecule has 0 radical (unpaired) electrons. The number of hydrogen-bond acceptors (Lipinski definition) is 3. The molecular formula is C4H9O3P. The molecule has 1 aliphatic heterocycles. The predicted octanol–water partition coefficient (Wildman–Crippen LogP) is 0.150. The summed E-state index contributed by atoms with van der Waals surface area (Å²) in [6.45, 7) is 1.47. The van der Waals surface area contributed by atoms with Crippen molar-refractivity contribution in [3.05, 3.63) is 0 Å². The Bertz CT molecular complexity index is 62.3. The largest absolute Gasteiger partial charge is 0.396 e. The summed E-state index contributed by atoms with van der Waals surface area (Å²) in [4.78, 5) is 0. The van der Waals surface area contributed by atoms with Gasteiger partial charge in [0.2, 0.25) is 0 Å². The summed E-state index contributed by atoms with van der Waals surface area (Å²) in [5.41, 5.74) is 0. The van der Waals surface area contributed by atoms with Crippen LogP contribution in [0.25, 0.3) is 0 Å². The van der Waals surface area contributed by atoms with Crippen LogP contribution in [-0.2, 0) is 9.05 Å². The Morgan fingerprint density at radius 3 is 2.50 bits per heavy atom. The van der Waals surface area contributed by atoms with E-state index in [1.807, 2.05) is 0 Å². The maximum atomic E-state index is 8.53. The van der Waals surface area contributed by atoms with Gasteiger partial charge in [-0.15, -0.1) is 0 Å². The summed E-state index contributed by atoms with van der Waals surface area (Å²) in [6.07, 6.45) is 0. The van der Waals surface area contributed by atoms with E-state index < -0.39 is 0 Å². The highest BCUT2D eigenvalue weighted by Gasteiger charge is 2.12. The molecule has 0 amide bonds. The van der Waals surface area contributed by atoms with Gasteiger partial charge < -0.3 is 14.2 Å². The molecule has 3 nitrogen and oxygen atoms in total. The molecule has 1 heterocycles. The van der Waals surface area contributed by atoms with Crippen LogP contribution < -0.4 is 0 Å². The molecule has 4 heteroatoms. The zero-order chi connectivity index (χ0) is 5.82. The lowest BCUT2D eigenvalue weighted by molar-refractivity contribution is 0.0850. The molecule has 0 aromatic heterocycles. The minimum atomic E-state index is 0.171. The van der Waals surface area contributed by atoms with E-state index in [2.05, 4.69) is 0 Å². The molecule has 0 aromatic rings. The van der Waals surface area contributed by atoms with Gasteiger partial charge in [-0.1, -0.05) is 0 Å². The second-order valence-corrected chi connectivity index (χ2v) is 2.50. The third-order valence-corrected chi connectivity index (χ3v) is 1.58. The van der Waals surface area contributed by atoms with Crippen LogP contribution in [0, 0.1) is 5.92 Å². The Morgan fingerprint density at radius 1 is 1.50 bits per heavy atom. The molecule has 0 unspecified atom stereocenters. The number of rotatable bonds is 1. The lowest BCUT2D eigenvalue weighted by atomic mass is 10.2. The fraction of sp³-hybridized carbons (Fsp3) is 1.00. The van der Waals surface area contributed by atoms with Crippen molar-refractivity contribution in [1.82, 2.24) is 0 Å². The summed E-state index contributed by atoms with van der Waals surface area (Å²) in [6, 6.07) is 0. The molecule has 1 rings (SSSR count). The predicted molar refractivity (Wildman–Crippen MR) is 30.8 cm³/mol.